The van der Waals surface area contributed by atoms with E-state index in [2.05, 4.69) is 23.7 Å². The largest absolute Gasteiger partial charge is 0.316 e. The van der Waals surface area contributed by atoms with E-state index in [1.807, 2.05) is 6.20 Å². The molecule has 0 radical (unpaired) electrons. The highest BCUT2D eigenvalue weighted by Gasteiger charge is 2.06. The summed E-state index contributed by atoms with van der Waals surface area (Å²) >= 11 is 1.75. The van der Waals surface area contributed by atoms with Gasteiger partial charge in [-0.05, 0) is 25.8 Å². The highest BCUT2D eigenvalue weighted by atomic mass is 32.2. The van der Waals surface area contributed by atoms with Crippen LogP contribution in [0.1, 0.15) is 13.8 Å². The highest BCUT2D eigenvalue weighted by Crippen LogP contribution is 2.21. The van der Waals surface area contributed by atoms with Gasteiger partial charge >= 0.3 is 0 Å². The van der Waals surface area contributed by atoms with E-state index in [0.717, 1.165) is 6.54 Å². The maximum Gasteiger partial charge on any atom is 0.0269 e. The maximum atomic E-state index is 3.09. The van der Waals surface area contributed by atoms with Gasteiger partial charge < -0.3 is 5.43 Å². The molecule has 0 unspecified atom stereocenters. The zero-order chi connectivity index (χ0) is 5.98. The minimum atomic E-state index is 1.04. The number of nitrogens with one attached hydrogen (secondary N) is 1. The molecule has 1 aliphatic rings. The molecule has 0 aromatic heterocycles. The number of hydrazine groups is 1. The number of hydrogen-bond acceptors (Lipinski definition) is 3. The summed E-state index contributed by atoms with van der Waals surface area (Å²) in [7, 11) is 0. The van der Waals surface area contributed by atoms with Gasteiger partial charge in [0, 0.05) is 17.6 Å². The molecule has 0 saturated carbocycles. The number of nitrogens with zero attached hydrogens (tertiary/aromatic N) is 1. The third kappa shape index (κ3) is 1.17. The van der Waals surface area contributed by atoms with Crippen LogP contribution in [0.15, 0.2) is 11.1 Å². The summed E-state index contributed by atoms with van der Waals surface area (Å²) in [5.41, 5.74) is 3.09. The van der Waals surface area contributed by atoms with Crippen molar-refractivity contribution in [3.63, 3.8) is 0 Å². The van der Waals surface area contributed by atoms with E-state index < -0.39 is 0 Å². The van der Waals surface area contributed by atoms with Crippen molar-refractivity contribution in [2.45, 2.75) is 13.8 Å². The number of rotatable bonds is 1. The molecule has 2 nitrogen and oxygen atoms in total. The van der Waals surface area contributed by atoms with Crippen molar-refractivity contribution >= 4 is 11.9 Å². The second kappa shape index (κ2) is 2.42. The van der Waals surface area contributed by atoms with E-state index in [1.54, 1.807) is 11.9 Å². The van der Waals surface area contributed by atoms with Crippen LogP contribution in [0.4, 0.5) is 0 Å². The van der Waals surface area contributed by atoms with Gasteiger partial charge in [-0.2, -0.15) is 4.41 Å². The van der Waals surface area contributed by atoms with Gasteiger partial charge in [0.05, 0.1) is 0 Å². The van der Waals surface area contributed by atoms with Gasteiger partial charge in [-0.25, -0.2) is 0 Å². The van der Waals surface area contributed by atoms with Gasteiger partial charge in [0.15, 0.2) is 0 Å². The third-order valence-corrected chi connectivity index (χ3v) is 1.94. The molecule has 1 N–H and O–H groups in total. The first-order valence-electron chi connectivity index (χ1n) is 2.71. The minimum Gasteiger partial charge on any atom is -0.316 e. The molecule has 1 rings (SSSR count). The first-order valence-corrected chi connectivity index (χ1v) is 3.48. The molecule has 0 amide bonds. The lowest BCUT2D eigenvalue weighted by atomic mass is 10.7. The van der Waals surface area contributed by atoms with E-state index in [1.165, 1.54) is 4.91 Å². The molecule has 1 heterocycles. The summed E-state index contributed by atoms with van der Waals surface area (Å²) in [5.74, 6) is 0. The van der Waals surface area contributed by atoms with E-state index in [9.17, 15) is 0 Å². The van der Waals surface area contributed by atoms with Crippen LogP contribution >= 0.6 is 11.9 Å². The Hall–Kier alpha value is -0.150. The quantitative estimate of drug-likeness (QED) is 0.539. The van der Waals surface area contributed by atoms with Crippen LogP contribution in [0.25, 0.3) is 0 Å². The maximum absolute atomic E-state index is 3.09. The van der Waals surface area contributed by atoms with Crippen molar-refractivity contribution in [3.05, 3.63) is 11.1 Å². The van der Waals surface area contributed by atoms with Crippen molar-refractivity contribution < 1.29 is 0 Å². The van der Waals surface area contributed by atoms with Crippen LogP contribution in [0.5, 0.6) is 0 Å². The van der Waals surface area contributed by atoms with E-state index in [-0.39, 0.29) is 0 Å². The summed E-state index contributed by atoms with van der Waals surface area (Å²) in [5, 5.41) is 0. The monoisotopic (exact) mass is 130 g/mol. The second-order valence-electron chi connectivity index (χ2n) is 1.67. The van der Waals surface area contributed by atoms with Gasteiger partial charge in [-0.15, -0.1) is 0 Å². The van der Waals surface area contributed by atoms with Crippen molar-refractivity contribution in [3.8, 4) is 0 Å². The van der Waals surface area contributed by atoms with E-state index >= 15 is 0 Å². The zero-order valence-corrected chi connectivity index (χ0v) is 5.96. The molecule has 0 spiro atoms. The topological polar surface area (TPSA) is 15.3 Å². The van der Waals surface area contributed by atoms with Crippen LogP contribution in [-0.4, -0.2) is 11.0 Å². The van der Waals surface area contributed by atoms with Gasteiger partial charge in [0.1, 0.15) is 0 Å². The average Bonchev–Trinajstić information content (AvgIpc) is 2.14. The Morgan fingerprint density at radius 1 is 1.88 bits per heavy atom. The summed E-state index contributed by atoms with van der Waals surface area (Å²) in [6, 6.07) is 0. The van der Waals surface area contributed by atoms with Crippen LogP contribution < -0.4 is 5.43 Å². The third-order valence-electron chi connectivity index (χ3n) is 0.953. The van der Waals surface area contributed by atoms with Crippen molar-refractivity contribution in [2.75, 3.05) is 6.54 Å². The van der Waals surface area contributed by atoms with Gasteiger partial charge in [-0.1, -0.05) is 0 Å². The predicted octanol–water partition coefficient (Wildman–Crippen LogP) is 1.34. The molecule has 0 bridgehead atoms. The Kier molecular flexibility index (Phi) is 1.81. The minimum absolute atomic E-state index is 1.04. The molecule has 0 aromatic rings. The molecule has 0 fully saturated rings. The van der Waals surface area contributed by atoms with Gasteiger partial charge in [0.2, 0.25) is 0 Å². The van der Waals surface area contributed by atoms with Crippen LogP contribution in [0, 0.1) is 0 Å². The standard InChI is InChI=1S/C5H10N2S/c1-3-7-6-4-5(2)8-7/h4,6H,3H2,1-2H3. The lowest BCUT2D eigenvalue weighted by molar-refractivity contribution is 0.442. The van der Waals surface area contributed by atoms with E-state index in [0.29, 0.717) is 0 Å². The summed E-state index contributed by atoms with van der Waals surface area (Å²) in [4.78, 5) is 1.33. The molecule has 3 heteroatoms. The Morgan fingerprint density at radius 3 is 2.88 bits per heavy atom. The molecular weight excluding hydrogens is 120 g/mol. The molecule has 0 atom stereocenters. The molecule has 0 aromatic carbocycles. The average molecular weight is 130 g/mol. The number of allylic oxidation sites excluding steroid dienone is 1. The fraction of sp³-hybridized carbons (Fsp3) is 0.600. The van der Waals surface area contributed by atoms with E-state index in [4.69, 9.17) is 0 Å². The van der Waals surface area contributed by atoms with Crippen LogP contribution in [-0.2, 0) is 0 Å². The lowest BCUT2D eigenvalue weighted by Gasteiger charge is -2.09. The number of hydrogen-bond donors (Lipinski definition) is 1. The molecule has 0 aliphatic carbocycles. The fourth-order valence-corrected chi connectivity index (χ4v) is 1.23. The summed E-state index contributed by atoms with van der Waals surface area (Å²) in [6.07, 6.45) is 2.01. The molecular formula is C5H10N2S. The first kappa shape index (κ1) is 5.98. The Morgan fingerprint density at radius 2 is 2.62 bits per heavy atom. The zero-order valence-electron chi connectivity index (χ0n) is 5.14. The van der Waals surface area contributed by atoms with Gasteiger partial charge in [0.25, 0.3) is 0 Å². The van der Waals surface area contributed by atoms with Crippen molar-refractivity contribution in [1.29, 1.82) is 0 Å². The normalized spacial score (nSPS) is 20.5. The summed E-state index contributed by atoms with van der Waals surface area (Å²) < 4.78 is 2.08. The Balaban J connectivity index is 2.32. The van der Waals surface area contributed by atoms with Crippen molar-refractivity contribution in [2.24, 2.45) is 0 Å². The summed E-state index contributed by atoms with van der Waals surface area (Å²) in [6.45, 7) is 5.25. The molecule has 46 valence electrons. The molecule has 1 aliphatic heterocycles. The highest BCUT2D eigenvalue weighted by molar-refractivity contribution is 8.00. The Labute approximate surface area is 54.0 Å². The SMILES string of the molecule is CCN1NC=C(C)S1. The Bertz CT molecular complexity index is 111. The predicted molar refractivity (Wildman–Crippen MR) is 36.9 cm³/mol. The van der Waals surface area contributed by atoms with Crippen LogP contribution in [0.2, 0.25) is 0 Å². The molecule has 0 saturated heterocycles. The molecule has 8 heavy (non-hydrogen) atoms. The van der Waals surface area contributed by atoms with Crippen molar-refractivity contribution in [1.82, 2.24) is 9.84 Å². The van der Waals surface area contributed by atoms with Crippen LogP contribution in [0.3, 0.4) is 0 Å². The second-order valence-corrected chi connectivity index (χ2v) is 2.94. The lowest BCUT2D eigenvalue weighted by Crippen LogP contribution is -2.22. The smallest absolute Gasteiger partial charge is 0.0269 e. The van der Waals surface area contributed by atoms with Gasteiger partial charge in [-0.3, -0.25) is 0 Å². The first-order chi connectivity index (χ1) is 3.83. The fourth-order valence-electron chi connectivity index (χ4n) is 0.545.